The molecule has 216 valence electrons. The highest BCUT2D eigenvalue weighted by Crippen LogP contribution is 2.35. The highest BCUT2D eigenvalue weighted by atomic mass is 127. The molecule has 2 aromatic rings. The van der Waals surface area contributed by atoms with Crippen molar-refractivity contribution in [2.45, 2.75) is 86.7 Å². The van der Waals surface area contributed by atoms with Crippen LogP contribution in [0.2, 0.25) is 0 Å². The van der Waals surface area contributed by atoms with Gasteiger partial charge in [-0.1, -0.05) is 72.8 Å². The number of sulfonamides is 1. The molecule has 6 nitrogen and oxygen atoms in total. The second-order valence-corrected chi connectivity index (χ2v) is 13.9. The predicted molar refractivity (Wildman–Crippen MR) is 155 cm³/mol. The Morgan fingerprint density at radius 3 is 2.33 bits per heavy atom. The van der Waals surface area contributed by atoms with Crippen LogP contribution in [0.4, 0.5) is 13.2 Å². The van der Waals surface area contributed by atoms with Gasteiger partial charge in [0, 0.05) is 25.2 Å². The lowest BCUT2D eigenvalue weighted by atomic mass is 9.99. The van der Waals surface area contributed by atoms with Crippen molar-refractivity contribution in [3.63, 3.8) is 0 Å². The van der Waals surface area contributed by atoms with Crippen molar-refractivity contribution >= 4 is 38.5 Å². The summed E-state index contributed by atoms with van der Waals surface area (Å²) in [6.07, 6.45) is -3.20. The number of likely N-dealkylation sites (tertiary alicyclic amines) is 1. The lowest BCUT2D eigenvalue weighted by Gasteiger charge is -2.43. The first-order valence-electron chi connectivity index (χ1n) is 13.1. The van der Waals surface area contributed by atoms with Crippen molar-refractivity contribution in [1.29, 1.82) is 0 Å². The number of nitrogens with zero attached hydrogens (tertiary/aromatic N) is 2. The minimum atomic E-state index is -4.64. The average molecular weight is 680 g/mol. The zero-order valence-electron chi connectivity index (χ0n) is 22.7. The molecule has 1 aliphatic rings. The summed E-state index contributed by atoms with van der Waals surface area (Å²) in [6.45, 7) is 8.49. The first-order valence-corrected chi connectivity index (χ1v) is 15.8. The lowest BCUT2D eigenvalue weighted by Crippen LogP contribution is -2.56. The number of hydrogen-bond acceptors (Lipinski definition) is 4. The Balaban J connectivity index is 1.77. The van der Waals surface area contributed by atoms with Gasteiger partial charge < -0.3 is 10.2 Å². The number of alkyl halides is 4. The highest BCUT2D eigenvalue weighted by Gasteiger charge is 2.41. The Labute approximate surface area is 243 Å². The van der Waals surface area contributed by atoms with Crippen molar-refractivity contribution < 1.29 is 26.4 Å². The molecule has 0 spiro atoms. The summed E-state index contributed by atoms with van der Waals surface area (Å²) in [5, 5.41) is 3.41. The van der Waals surface area contributed by atoms with Gasteiger partial charge in [0.15, 0.2) is 0 Å². The standard InChI is InChI=1S/C28H37F3IN3O3S/c1-19(2)15-25(33-18-21-9-6-5-7-10-21)27(36)34-14-13-23(17-26(34)32)35(20(3)4)39(37,38)24-12-8-11-22(16-24)28(29,30)31/h5-12,16,19-20,23,25-26,33H,13-15,17-18H2,1-4H3. The Bertz CT molecular complexity index is 1210. The van der Waals surface area contributed by atoms with Gasteiger partial charge >= 0.3 is 6.18 Å². The molecule has 0 radical (unpaired) electrons. The van der Waals surface area contributed by atoms with E-state index in [9.17, 15) is 26.4 Å². The summed E-state index contributed by atoms with van der Waals surface area (Å²) in [6, 6.07) is 12.4. The number of carbonyl (C=O) groups excluding carboxylic acids is 1. The third-order valence-corrected chi connectivity index (χ3v) is 10.1. The SMILES string of the molecule is CC(C)CC(NCc1ccccc1)C(=O)N1CCC(N(C(C)C)S(=O)(=O)c2cccc(C(F)(F)F)c2)CC1I. The first-order chi connectivity index (χ1) is 18.2. The van der Waals surface area contributed by atoms with Crippen molar-refractivity contribution in [3.05, 3.63) is 65.7 Å². The molecule has 0 saturated carbocycles. The summed E-state index contributed by atoms with van der Waals surface area (Å²) in [7, 11) is -4.20. The number of amides is 1. The van der Waals surface area contributed by atoms with Gasteiger partial charge in [0.1, 0.15) is 0 Å². The number of nitrogens with one attached hydrogen (secondary N) is 1. The Morgan fingerprint density at radius 1 is 1.10 bits per heavy atom. The van der Waals surface area contributed by atoms with E-state index in [0.29, 0.717) is 44.3 Å². The third-order valence-electron chi connectivity index (χ3n) is 6.80. The smallest absolute Gasteiger partial charge is 0.329 e. The van der Waals surface area contributed by atoms with E-state index < -0.39 is 33.8 Å². The second kappa shape index (κ2) is 13.3. The predicted octanol–water partition coefficient (Wildman–Crippen LogP) is 6.06. The zero-order valence-corrected chi connectivity index (χ0v) is 25.6. The van der Waals surface area contributed by atoms with E-state index in [-0.39, 0.29) is 20.9 Å². The summed E-state index contributed by atoms with van der Waals surface area (Å²) >= 11 is 2.18. The highest BCUT2D eigenvalue weighted by molar-refractivity contribution is 14.1. The molecule has 11 heteroatoms. The number of halogens is 4. The van der Waals surface area contributed by atoms with Gasteiger partial charge in [-0.05, 0) is 62.8 Å². The van der Waals surface area contributed by atoms with Crippen LogP contribution in [0.3, 0.4) is 0 Å². The van der Waals surface area contributed by atoms with Crippen molar-refractivity contribution in [2.24, 2.45) is 5.92 Å². The van der Waals surface area contributed by atoms with Crippen molar-refractivity contribution in [2.75, 3.05) is 6.54 Å². The van der Waals surface area contributed by atoms with E-state index in [4.69, 9.17) is 0 Å². The Kier molecular flexibility index (Phi) is 10.9. The summed E-state index contributed by atoms with van der Waals surface area (Å²) in [5.41, 5.74) is 0.0785. The molecular formula is C28H37F3IN3O3S. The minimum absolute atomic E-state index is 0.0192. The molecular weight excluding hydrogens is 642 g/mol. The van der Waals surface area contributed by atoms with Crippen LogP contribution in [-0.4, -0.2) is 52.2 Å². The van der Waals surface area contributed by atoms with Crippen molar-refractivity contribution in [3.8, 4) is 0 Å². The maximum Gasteiger partial charge on any atom is 0.416 e. The van der Waals surface area contributed by atoms with Crippen LogP contribution in [0, 0.1) is 5.92 Å². The molecule has 1 N–H and O–H groups in total. The molecule has 1 heterocycles. The van der Waals surface area contributed by atoms with E-state index in [1.165, 1.54) is 10.4 Å². The maximum atomic E-state index is 13.6. The molecule has 39 heavy (non-hydrogen) atoms. The number of carbonyl (C=O) groups is 1. The molecule has 1 fully saturated rings. The van der Waals surface area contributed by atoms with Crippen LogP contribution in [0.25, 0.3) is 0 Å². The Hall–Kier alpha value is -1.70. The van der Waals surface area contributed by atoms with Crippen LogP contribution in [0.5, 0.6) is 0 Å². The van der Waals surface area contributed by atoms with E-state index >= 15 is 0 Å². The fourth-order valence-electron chi connectivity index (χ4n) is 5.01. The largest absolute Gasteiger partial charge is 0.416 e. The van der Waals surface area contributed by atoms with Gasteiger partial charge in [0.25, 0.3) is 0 Å². The fraction of sp³-hybridized carbons (Fsp3) is 0.536. The molecule has 0 aromatic heterocycles. The summed E-state index contributed by atoms with van der Waals surface area (Å²) in [5.74, 6) is 0.274. The molecule has 2 aromatic carbocycles. The van der Waals surface area contributed by atoms with Gasteiger partial charge in [-0.3, -0.25) is 4.79 Å². The molecule has 1 amide bonds. The van der Waals surface area contributed by atoms with Gasteiger partial charge in [0.05, 0.1) is 20.5 Å². The van der Waals surface area contributed by atoms with Crippen molar-refractivity contribution in [1.82, 2.24) is 14.5 Å². The first kappa shape index (κ1) is 31.8. The zero-order chi connectivity index (χ0) is 29.0. The van der Waals surface area contributed by atoms with E-state index in [2.05, 4.69) is 41.8 Å². The lowest BCUT2D eigenvalue weighted by molar-refractivity contribution is -0.138. The monoisotopic (exact) mass is 679 g/mol. The van der Waals surface area contributed by atoms with E-state index in [1.54, 1.807) is 18.7 Å². The summed E-state index contributed by atoms with van der Waals surface area (Å²) in [4.78, 5) is 15.1. The van der Waals surface area contributed by atoms with Crippen LogP contribution >= 0.6 is 22.6 Å². The normalized spacial score (nSPS) is 19.6. The van der Waals surface area contributed by atoms with Gasteiger partial charge in [-0.2, -0.15) is 17.5 Å². The maximum absolute atomic E-state index is 13.6. The molecule has 1 aliphatic heterocycles. The molecule has 1 saturated heterocycles. The topological polar surface area (TPSA) is 69.7 Å². The van der Waals surface area contributed by atoms with Crippen LogP contribution in [-0.2, 0) is 27.5 Å². The molecule has 3 rings (SSSR count). The van der Waals surface area contributed by atoms with Crippen LogP contribution in [0.1, 0.15) is 58.1 Å². The van der Waals surface area contributed by atoms with Crippen LogP contribution in [0.15, 0.2) is 59.5 Å². The number of benzene rings is 2. The molecule has 3 atom stereocenters. The molecule has 0 aliphatic carbocycles. The van der Waals surface area contributed by atoms with Gasteiger partial charge in [-0.25, -0.2) is 8.42 Å². The van der Waals surface area contributed by atoms with Crippen LogP contribution < -0.4 is 5.32 Å². The van der Waals surface area contributed by atoms with E-state index in [1.807, 2.05) is 30.3 Å². The van der Waals surface area contributed by atoms with Gasteiger partial charge in [-0.15, -0.1) is 0 Å². The summed E-state index contributed by atoms with van der Waals surface area (Å²) < 4.78 is 68.1. The Morgan fingerprint density at radius 2 is 1.77 bits per heavy atom. The fourth-order valence-corrected chi connectivity index (χ4v) is 8.06. The van der Waals surface area contributed by atoms with E-state index in [0.717, 1.165) is 17.7 Å². The number of piperidine rings is 1. The number of hydrogen-bond donors (Lipinski definition) is 1. The molecule has 3 unspecified atom stereocenters. The second-order valence-electron chi connectivity index (χ2n) is 10.6. The average Bonchev–Trinajstić information content (AvgIpc) is 2.86. The quantitative estimate of drug-likeness (QED) is 0.189. The third kappa shape index (κ3) is 8.17. The molecule has 0 bridgehead atoms. The van der Waals surface area contributed by atoms with Gasteiger partial charge in [0.2, 0.25) is 15.9 Å². The minimum Gasteiger partial charge on any atom is -0.329 e. The number of rotatable bonds is 10.